The summed E-state index contributed by atoms with van der Waals surface area (Å²) in [5.74, 6) is 0. The molecular formula is C63H45N. The molecule has 0 spiro atoms. The van der Waals surface area contributed by atoms with Gasteiger partial charge in [0.25, 0.3) is 0 Å². The van der Waals surface area contributed by atoms with Gasteiger partial charge in [-0.1, -0.05) is 218 Å². The maximum atomic E-state index is 2.55. The van der Waals surface area contributed by atoms with Crippen LogP contribution in [0.2, 0.25) is 0 Å². The average molecular weight is 816 g/mol. The predicted molar refractivity (Wildman–Crippen MR) is 267 cm³/mol. The summed E-state index contributed by atoms with van der Waals surface area (Å²) in [6, 6.07) is 94.3. The fraction of sp³-hybridized carbons (Fsp3) is 0.0476. The molecule has 0 radical (unpaired) electrons. The first-order valence-corrected chi connectivity index (χ1v) is 22.3. The van der Waals surface area contributed by atoms with Crippen molar-refractivity contribution in [2.75, 3.05) is 4.90 Å². The van der Waals surface area contributed by atoms with Gasteiger partial charge in [-0.25, -0.2) is 0 Å². The Kier molecular flexibility index (Phi) is 8.91. The van der Waals surface area contributed by atoms with E-state index in [0.29, 0.717) is 0 Å². The number of hydrogen-bond acceptors (Lipinski definition) is 1. The summed E-state index contributed by atoms with van der Waals surface area (Å²) in [5, 5.41) is 0. The summed E-state index contributed by atoms with van der Waals surface area (Å²) < 4.78 is 0. The molecule has 1 nitrogen and oxygen atoms in total. The lowest BCUT2D eigenvalue weighted by Gasteiger charge is -2.35. The van der Waals surface area contributed by atoms with E-state index >= 15 is 0 Å². The zero-order valence-electron chi connectivity index (χ0n) is 35.7. The summed E-state index contributed by atoms with van der Waals surface area (Å²) >= 11 is 0. The summed E-state index contributed by atoms with van der Waals surface area (Å²) in [6.45, 7) is 2.41. The molecule has 2 aliphatic carbocycles. The van der Waals surface area contributed by atoms with Crippen molar-refractivity contribution in [1.29, 1.82) is 0 Å². The van der Waals surface area contributed by atoms with Crippen molar-refractivity contribution in [3.8, 4) is 44.5 Å². The lowest BCUT2D eigenvalue weighted by atomic mass is 9.68. The summed E-state index contributed by atoms with van der Waals surface area (Å²) in [5.41, 5.74) is 21.2. The molecule has 1 heteroatoms. The van der Waals surface area contributed by atoms with E-state index in [1.54, 1.807) is 0 Å². The van der Waals surface area contributed by atoms with Gasteiger partial charge in [-0.15, -0.1) is 0 Å². The Morgan fingerprint density at radius 2 is 0.766 bits per heavy atom. The first-order valence-electron chi connectivity index (χ1n) is 22.3. The molecule has 0 N–H and O–H groups in total. The third kappa shape index (κ3) is 5.71. The second-order valence-electron chi connectivity index (χ2n) is 17.3. The molecule has 10 aromatic rings. The van der Waals surface area contributed by atoms with E-state index in [1.165, 1.54) is 83.5 Å². The molecule has 0 fully saturated rings. The first-order chi connectivity index (χ1) is 31.6. The lowest BCUT2D eigenvalue weighted by molar-refractivity contribution is 0.714. The molecule has 64 heavy (non-hydrogen) atoms. The number of hydrogen-bond donors (Lipinski definition) is 0. The highest BCUT2D eigenvalue weighted by atomic mass is 15.1. The van der Waals surface area contributed by atoms with Crippen LogP contribution in [-0.4, -0.2) is 0 Å². The van der Waals surface area contributed by atoms with Crippen molar-refractivity contribution in [2.45, 2.75) is 17.8 Å². The smallest absolute Gasteiger partial charge is 0.0714 e. The SMILES string of the molecule is CC1(c2ccccc2)c2ccccc2-c2ccc(N(c3cc(-c4ccccc4)cc(-c4ccccc4)c3)c3cccc4c3-c3ccccc3C4(c3ccccc3)c3ccccc3)cc21. The molecule has 0 aromatic heterocycles. The van der Waals surface area contributed by atoms with Crippen molar-refractivity contribution >= 4 is 17.1 Å². The standard InChI is InChI=1S/C63H45N/c1-62(48-26-11-4-12-27-48)56-34-19-17-32-53(56)54-39-38-51(43-59(54)62)64(52-41-46(44-22-7-2-8-23-44)40-47(42-52)45-24-9-3-10-25-45)60-37-21-36-58-61(60)55-33-18-20-35-57(55)63(58,49-28-13-5-14-29-49)50-30-15-6-16-31-50/h2-43H,1H3. The van der Waals surface area contributed by atoms with Gasteiger partial charge in [0.15, 0.2) is 0 Å². The number of benzene rings is 10. The predicted octanol–water partition coefficient (Wildman–Crippen LogP) is 16.2. The number of anilines is 3. The second kappa shape index (κ2) is 15.1. The van der Waals surface area contributed by atoms with E-state index in [2.05, 4.69) is 267 Å². The molecule has 302 valence electrons. The normalized spacial score (nSPS) is 15.1. The van der Waals surface area contributed by atoms with Crippen LogP contribution in [0.15, 0.2) is 255 Å². The molecule has 0 amide bonds. The van der Waals surface area contributed by atoms with Crippen LogP contribution in [0.3, 0.4) is 0 Å². The van der Waals surface area contributed by atoms with Crippen LogP contribution in [0.4, 0.5) is 17.1 Å². The number of rotatable bonds is 8. The highest BCUT2D eigenvalue weighted by molar-refractivity contribution is 5.99. The topological polar surface area (TPSA) is 3.24 Å². The summed E-state index contributed by atoms with van der Waals surface area (Å²) in [4.78, 5) is 2.55. The average Bonchev–Trinajstić information content (AvgIpc) is 3.83. The zero-order valence-corrected chi connectivity index (χ0v) is 35.7. The molecule has 0 saturated heterocycles. The maximum Gasteiger partial charge on any atom is 0.0714 e. The molecule has 0 saturated carbocycles. The second-order valence-corrected chi connectivity index (χ2v) is 17.3. The first kappa shape index (κ1) is 37.7. The largest absolute Gasteiger partial charge is 0.310 e. The minimum atomic E-state index is -0.539. The van der Waals surface area contributed by atoms with Crippen molar-refractivity contribution in [2.24, 2.45) is 0 Å². The highest BCUT2D eigenvalue weighted by Crippen LogP contribution is 2.60. The quantitative estimate of drug-likeness (QED) is 0.148. The van der Waals surface area contributed by atoms with Crippen LogP contribution in [0.1, 0.15) is 45.9 Å². The van der Waals surface area contributed by atoms with Gasteiger partial charge in [-0.3, -0.25) is 0 Å². The number of nitrogens with zero attached hydrogens (tertiary/aromatic N) is 1. The lowest BCUT2D eigenvalue weighted by Crippen LogP contribution is -2.28. The van der Waals surface area contributed by atoms with E-state index in [9.17, 15) is 0 Å². The molecule has 1 atom stereocenters. The van der Waals surface area contributed by atoms with Crippen LogP contribution in [0.5, 0.6) is 0 Å². The minimum Gasteiger partial charge on any atom is -0.310 e. The third-order valence-corrected chi connectivity index (χ3v) is 14.0. The molecule has 0 heterocycles. The van der Waals surface area contributed by atoms with E-state index in [1.807, 2.05) is 0 Å². The van der Waals surface area contributed by atoms with Crippen LogP contribution in [0, 0.1) is 0 Å². The summed E-state index contributed by atoms with van der Waals surface area (Å²) in [6.07, 6.45) is 0. The Morgan fingerprint density at radius 3 is 1.36 bits per heavy atom. The van der Waals surface area contributed by atoms with Gasteiger partial charge in [0.2, 0.25) is 0 Å². The monoisotopic (exact) mass is 815 g/mol. The van der Waals surface area contributed by atoms with Crippen molar-refractivity contribution < 1.29 is 0 Å². The Bertz CT molecular complexity index is 3220. The fourth-order valence-electron chi connectivity index (χ4n) is 11.1. The minimum absolute atomic E-state index is 0.364. The Morgan fingerprint density at radius 1 is 0.297 bits per heavy atom. The van der Waals surface area contributed by atoms with Crippen LogP contribution in [-0.2, 0) is 10.8 Å². The molecular weight excluding hydrogens is 771 g/mol. The van der Waals surface area contributed by atoms with E-state index in [0.717, 1.165) is 17.1 Å². The Labute approximate surface area is 376 Å². The van der Waals surface area contributed by atoms with Crippen LogP contribution in [0.25, 0.3) is 44.5 Å². The molecule has 2 aliphatic rings. The van der Waals surface area contributed by atoms with Crippen molar-refractivity contribution in [3.63, 3.8) is 0 Å². The summed E-state index contributed by atoms with van der Waals surface area (Å²) in [7, 11) is 0. The van der Waals surface area contributed by atoms with Gasteiger partial charge in [0.05, 0.1) is 11.1 Å². The molecule has 10 aromatic carbocycles. The third-order valence-electron chi connectivity index (χ3n) is 14.0. The van der Waals surface area contributed by atoms with Gasteiger partial charge in [-0.2, -0.15) is 0 Å². The van der Waals surface area contributed by atoms with Gasteiger partial charge < -0.3 is 4.90 Å². The van der Waals surface area contributed by atoms with E-state index < -0.39 is 5.41 Å². The fourth-order valence-corrected chi connectivity index (χ4v) is 11.1. The van der Waals surface area contributed by atoms with Gasteiger partial charge in [0.1, 0.15) is 0 Å². The molecule has 1 unspecified atom stereocenters. The van der Waals surface area contributed by atoms with Gasteiger partial charge in [-0.05, 0) is 121 Å². The van der Waals surface area contributed by atoms with E-state index in [4.69, 9.17) is 0 Å². The van der Waals surface area contributed by atoms with Crippen molar-refractivity contribution in [3.05, 3.63) is 294 Å². The molecule has 12 rings (SSSR count). The maximum absolute atomic E-state index is 2.55. The van der Waals surface area contributed by atoms with Gasteiger partial charge in [0, 0.05) is 22.4 Å². The molecule has 0 bridgehead atoms. The molecule has 0 aliphatic heterocycles. The highest BCUT2D eigenvalue weighted by Gasteiger charge is 2.48. The van der Waals surface area contributed by atoms with Crippen LogP contribution < -0.4 is 4.90 Å². The number of fused-ring (bicyclic) bond motifs is 6. The zero-order chi connectivity index (χ0) is 42.7. The van der Waals surface area contributed by atoms with E-state index in [-0.39, 0.29) is 5.41 Å². The van der Waals surface area contributed by atoms with Crippen LogP contribution >= 0.6 is 0 Å². The van der Waals surface area contributed by atoms with Gasteiger partial charge >= 0.3 is 0 Å². The Hall–Kier alpha value is -8.00. The van der Waals surface area contributed by atoms with Crippen molar-refractivity contribution in [1.82, 2.24) is 0 Å². The Balaban J connectivity index is 1.18.